The monoisotopic (exact) mass is 330 g/mol. The lowest BCUT2D eigenvalue weighted by Crippen LogP contribution is -2.12. The highest BCUT2D eigenvalue weighted by Crippen LogP contribution is 2.23. The van der Waals surface area contributed by atoms with E-state index in [0.29, 0.717) is 21.1 Å². The maximum atomic E-state index is 12.4. The Morgan fingerprint density at radius 1 is 1.22 bits per heavy atom. The Morgan fingerprint density at radius 2 is 1.91 bits per heavy atom. The van der Waals surface area contributed by atoms with Crippen LogP contribution < -0.4 is 5.32 Å². The van der Waals surface area contributed by atoms with Crippen molar-refractivity contribution in [2.75, 3.05) is 5.32 Å². The SMILES string of the molecule is Cc1nnc2sc(C(=O)Nc3ccc(CC(=O)O)cc3)c(C)n12. The Bertz CT molecular complexity index is 895. The Hall–Kier alpha value is -2.74. The number of amides is 1. The molecule has 118 valence electrons. The third kappa shape index (κ3) is 2.93. The molecular weight excluding hydrogens is 316 g/mol. The molecule has 8 heteroatoms. The van der Waals surface area contributed by atoms with Crippen molar-refractivity contribution in [2.45, 2.75) is 20.3 Å². The summed E-state index contributed by atoms with van der Waals surface area (Å²) in [7, 11) is 0. The van der Waals surface area contributed by atoms with Crippen LogP contribution in [0, 0.1) is 13.8 Å². The highest BCUT2D eigenvalue weighted by Gasteiger charge is 2.18. The molecule has 3 rings (SSSR count). The first-order valence-electron chi connectivity index (χ1n) is 6.89. The number of carbonyl (C=O) groups excluding carboxylic acids is 1. The zero-order valence-electron chi connectivity index (χ0n) is 12.5. The highest BCUT2D eigenvalue weighted by atomic mass is 32.1. The van der Waals surface area contributed by atoms with E-state index in [1.54, 1.807) is 24.3 Å². The van der Waals surface area contributed by atoms with Crippen LogP contribution in [0.25, 0.3) is 4.96 Å². The van der Waals surface area contributed by atoms with Crippen LogP contribution in [0.3, 0.4) is 0 Å². The Labute approximate surface area is 135 Å². The van der Waals surface area contributed by atoms with Gasteiger partial charge in [0.1, 0.15) is 10.7 Å². The van der Waals surface area contributed by atoms with E-state index in [-0.39, 0.29) is 12.3 Å². The van der Waals surface area contributed by atoms with E-state index in [9.17, 15) is 9.59 Å². The van der Waals surface area contributed by atoms with Gasteiger partial charge in [-0.3, -0.25) is 14.0 Å². The van der Waals surface area contributed by atoms with E-state index in [1.165, 1.54) is 11.3 Å². The largest absolute Gasteiger partial charge is 0.481 e. The number of aromatic nitrogens is 3. The van der Waals surface area contributed by atoms with Crippen molar-refractivity contribution in [2.24, 2.45) is 0 Å². The molecule has 2 N–H and O–H groups in total. The molecule has 0 fully saturated rings. The molecule has 0 radical (unpaired) electrons. The summed E-state index contributed by atoms with van der Waals surface area (Å²) in [6, 6.07) is 6.76. The number of carboxylic acids is 1. The van der Waals surface area contributed by atoms with Gasteiger partial charge in [0.05, 0.1) is 6.42 Å². The fraction of sp³-hybridized carbons (Fsp3) is 0.200. The minimum Gasteiger partial charge on any atom is -0.481 e. The number of fused-ring (bicyclic) bond motifs is 1. The number of nitrogens with one attached hydrogen (secondary N) is 1. The number of carbonyl (C=O) groups is 2. The lowest BCUT2D eigenvalue weighted by molar-refractivity contribution is -0.136. The van der Waals surface area contributed by atoms with Crippen LogP contribution in [0.1, 0.15) is 26.8 Å². The standard InChI is InChI=1S/C15H14N4O3S/c1-8-13(23-15-18-17-9(2)19(8)15)14(22)16-11-5-3-10(4-6-11)7-12(20)21/h3-6H,7H2,1-2H3,(H,16,22)(H,20,21). The number of hydrogen-bond acceptors (Lipinski definition) is 5. The first kappa shape index (κ1) is 15.2. The molecule has 0 saturated carbocycles. The van der Waals surface area contributed by atoms with Crippen LogP contribution in [-0.2, 0) is 11.2 Å². The molecule has 7 nitrogen and oxygen atoms in total. The predicted molar refractivity (Wildman–Crippen MR) is 86.1 cm³/mol. The first-order chi connectivity index (χ1) is 11.0. The number of rotatable bonds is 4. The molecule has 1 aromatic carbocycles. The summed E-state index contributed by atoms with van der Waals surface area (Å²) < 4.78 is 1.84. The summed E-state index contributed by atoms with van der Waals surface area (Å²) in [5.74, 6) is -0.363. The lowest BCUT2D eigenvalue weighted by Gasteiger charge is -2.05. The van der Waals surface area contributed by atoms with E-state index < -0.39 is 5.97 Å². The van der Waals surface area contributed by atoms with Crippen LogP contribution in [-0.4, -0.2) is 31.6 Å². The summed E-state index contributed by atoms with van der Waals surface area (Å²) >= 11 is 1.28. The summed E-state index contributed by atoms with van der Waals surface area (Å²) in [5, 5.41) is 19.6. The quantitative estimate of drug-likeness (QED) is 0.765. The van der Waals surface area contributed by atoms with E-state index in [1.807, 2.05) is 18.2 Å². The summed E-state index contributed by atoms with van der Waals surface area (Å²) in [6.45, 7) is 3.69. The molecule has 0 aliphatic heterocycles. The number of aliphatic carboxylic acids is 1. The smallest absolute Gasteiger partial charge is 0.307 e. The minimum absolute atomic E-state index is 0.0399. The van der Waals surface area contributed by atoms with Crippen molar-refractivity contribution >= 4 is 33.9 Å². The predicted octanol–water partition coefficient (Wildman–Crippen LogP) is 2.29. The van der Waals surface area contributed by atoms with Crippen LogP contribution in [0.4, 0.5) is 5.69 Å². The molecule has 0 saturated heterocycles. The van der Waals surface area contributed by atoms with Gasteiger partial charge >= 0.3 is 5.97 Å². The second-order valence-electron chi connectivity index (χ2n) is 5.10. The Kier molecular flexibility index (Phi) is 3.83. The summed E-state index contributed by atoms with van der Waals surface area (Å²) in [6.07, 6.45) is -0.0399. The molecule has 0 bridgehead atoms. The average Bonchev–Trinajstić information content (AvgIpc) is 3.02. The van der Waals surface area contributed by atoms with Crippen molar-refractivity contribution in [3.8, 4) is 0 Å². The van der Waals surface area contributed by atoms with E-state index in [4.69, 9.17) is 5.11 Å². The molecule has 2 aromatic heterocycles. The summed E-state index contributed by atoms with van der Waals surface area (Å²) in [5.41, 5.74) is 2.10. The number of carboxylic acid groups (broad SMARTS) is 1. The first-order valence-corrected chi connectivity index (χ1v) is 7.70. The maximum absolute atomic E-state index is 12.4. The van der Waals surface area contributed by atoms with Gasteiger partial charge in [0.15, 0.2) is 0 Å². The van der Waals surface area contributed by atoms with Gasteiger partial charge in [0.2, 0.25) is 4.96 Å². The van der Waals surface area contributed by atoms with Crippen molar-refractivity contribution in [3.05, 3.63) is 46.2 Å². The Balaban J connectivity index is 1.80. The molecule has 0 spiro atoms. The third-order valence-corrected chi connectivity index (χ3v) is 4.56. The second kappa shape index (κ2) is 5.81. The van der Waals surface area contributed by atoms with E-state index in [2.05, 4.69) is 15.5 Å². The molecule has 2 heterocycles. The fourth-order valence-corrected chi connectivity index (χ4v) is 3.35. The third-order valence-electron chi connectivity index (χ3n) is 3.43. The molecule has 0 atom stereocenters. The number of benzene rings is 1. The van der Waals surface area contributed by atoms with Gasteiger partial charge in [-0.15, -0.1) is 10.2 Å². The van der Waals surface area contributed by atoms with E-state index in [0.717, 1.165) is 11.5 Å². The number of anilines is 1. The zero-order chi connectivity index (χ0) is 16.6. The van der Waals surface area contributed by atoms with Crippen molar-refractivity contribution < 1.29 is 14.7 Å². The normalized spacial score (nSPS) is 10.9. The zero-order valence-corrected chi connectivity index (χ0v) is 13.3. The molecule has 3 aromatic rings. The molecule has 1 amide bonds. The molecular formula is C15H14N4O3S. The molecule has 0 aliphatic carbocycles. The number of aryl methyl sites for hydroxylation is 2. The number of nitrogens with zero attached hydrogens (tertiary/aromatic N) is 3. The van der Waals surface area contributed by atoms with Gasteiger partial charge in [-0.1, -0.05) is 23.5 Å². The van der Waals surface area contributed by atoms with Crippen LogP contribution in [0.2, 0.25) is 0 Å². The van der Waals surface area contributed by atoms with E-state index >= 15 is 0 Å². The topological polar surface area (TPSA) is 96.6 Å². The van der Waals surface area contributed by atoms with Crippen molar-refractivity contribution in [1.29, 1.82) is 0 Å². The minimum atomic E-state index is -0.886. The van der Waals surface area contributed by atoms with Gasteiger partial charge < -0.3 is 10.4 Å². The fourth-order valence-electron chi connectivity index (χ4n) is 2.34. The lowest BCUT2D eigenvalue weighted by atomic mass is 10.1. The van der Waals surface area contributed by atoms with Gasteiger partial charge in [-0.2, -0.15) is 0 Å². The highest BCUT2D eigenvalue weighted by molar-refractivity contribution is 7.19. The maximum Gasteiger partial charge on any atom is 0.307 e. The van der Waals surface area contributed by atoms with Crippen molar-refractivity contribution in [1.82, 2.24) is 14.6 Å². The van der Waals surface area contributed by atoms with Gasteiger partial charge in [-0.25, -0.2) is 0 Å². The van der Waals surface area contributed by atoms with Crippen LogP contribution >= 0.6 is 11.3 Å². The van der Waals surface area contributed by atoms with Crippen LogP contribution in [0.15, 0.2) is 24.3 Å². The van der Waals surface area contributed by atoms with Crippen LogP contribution in [0.5, 0.6) is 0 Å². The van der Waals surface area contributed by atoms with Gasteiger partial charge in [0.25, 0.3) is 5.91 Å². The second-order valence-corrected chi connectivity index (χ2v) is 6.08. The molecule has 0 unspecified atom stereocenters. The molecule has 0 aliphatic rings. The number of hydrogen-bond donors (Lipinski definition) is 2. The Morgan fingerprint density at radius 3 is 2.52 bits per heavy atom. The number of thiazole rings is 1. The van der Waals surface area contributed by atoms with Gasteiger partial charge in [-0.05, 0) is 31.5 Å². The summed E-state index contributed by atoms with van der Waals surface area (Å²) in [4.78, 5) is 24.3. The van der Waals surface area contributed by atoms with Crippen molar-refractivity contribution in [3.63, 3.8) is 0 Å². The van der Waals surface area contributed by atoms with Gasteiger partial charge in [0, 0.05) is 11.4 Å². The average molecular weight is 330 g/mol. The molecule has 23 heavy (non-hydrogen) atoms.